The number of amides is 1. The second-order valence-corrected chi connectivity index (χ2v) is 6.69. The van der Waals surface area contributed by atoms with Gasteiger partial charge in [0, 0.05) is 43.5 Å². The summed E-state index contributed by atoms with van der Waals surface area (Å²) in [6.07, 6.45) is 7.60. The second kappa shape index (κ2) is 6.67. The lowest BCUT2D eigenvalue weighted by atomic mass is 9.87. The molecule has 1 aromatic carbocycles. The van der Waals surface area contributed by atoms with Crippen LogP contribution in [0.4, 0.5) is 0 Å². The summed E-state index contributed by atoms with van der Waals surface area (Å²) in [6, 6.07) is 6.05. The van der Waals surface area contributed by atoms with Gasteiger partial charge in [0.2, 0.25) is 0 Å². The molecule has 1 atom stereocenters. The average Bonchev–Trinajstić information content (AvgIpc) is 2.54. The van der Waals surface area contributed by atoms with Crippen molar-refractivity contribution in [1.29, 1.82) is 0 Å². The monoisotopic (exact) mass is 331 g/mol. The predicted octanol–water partition coefficient (Wildman–Crippen LogP) is 3.20. The third-order valence-electron chi connectivity index (χ3n) is 4.50. The van der Waals surface area contributed by atoms with Crippen LogP contribution in [-0.4, -0.2) is 36.0 Å². The molecule has 2 heterocycles. The van der Waals surface area contributed by atoms with Crippen molar-refractivity contribution >= 4 is 17.5 Å². The maximum absolute atomic E-state index is 12.7. The fourth-order valence-electron chi connectivity index (χ4n) is 3.36. The number of rotatable bonds is 2. The summed E-state index contributed by atoms with van der Waals surface area (Å²) >= 11 is 6.06. The number of hydrogen-bond acceptors (Lipinski definition) is 3. The van der Waals surface area contributed by atoms with Crippen molar-refractivity contribution < 1.29 is 4.79 Å². The minimum atomic E-state index is 0.103. The molecule has 0 aromatic heterocycles. The summed E-state index contributed by atoms with van der Waals surface area (Å²) in [4.78, 5) is 14.7. The minimum Gasteiger partial charge on any atom is -0.338 e. The number of hydrazine groups is 1. The van der Waals surface area contributed by atoms with Gasteiger partial charge in [-0.2, -0.15) is 0 Å². The normalized spacial score (nSPS) is 21.0. The Balaban J connectivity index is 1.75. The van der Waals surface area contributed by atoms with E-state index in [0.29, 0.717) is 5.92 Å². The van der Waals surface area contributed by atoms with Crippen LogP contribution < -0.4 is 5.43 Å². The molecular weight excluding hydrogens is 310 g/mol. The minimum absolute atomic E-state index is 0.103. The van der Waals surface area contributed by atoms with Crippen molar-refractivity contribution in [1.82, 2.24) is 15.3 Å². The molecule has 1 aromatic rings. The van der Waals surface area contributed by atoms with E-state index < -0.39 is 0 Å². The van der Waals surface area contributed by atoms with Crippen molar-refractivity contribution in [2.24, 2.45) is 0 Å². The lowest BCUT2D eigenvalue weighted by Crippen LogP contribution is -2.41. The topological polar surface area (TPSA) is 35.6 Å². The molecule has 1 N–H and O–H groups in total. The average molecular weight is 332 g/mol. The zero-order valence-corrected chi connectivity index (χ0v) is 14.3. The number of hydrogen-bond donors (Lipinski definition) is 1. The summed E-state index contributed by atoms with van der Waals surface area (Å²) in [6.45, 7) is 3.68. The van der Waals surface area contributed by atoms with Gasteiger partial charge in [-0.15, -0.1) is 0 Å². The van der Waals surface area contributed by atoms with Crippen LogP contribution in [-0.2, 0) is 4.79 Å². The molecule has 122 valence electrons. The Bertz CT molecular complexity index is 668. The van der Waals surface area contributed by atoms with E-state index in [4.69, 9.17) is 11.6 Å². The number of carbonyl (C=O) groups excluding carboxylic acids is 1. The van der Waals surface area contributed by atoms with Crippen molar-refractivity contribution in [3.8, 4) is 0 Å². The third kappa shape index (κ3) is 3.53. The van der Waals surface area contributed by atoms with Gasteiger partial charge in [0.25, 0.3) is 5.91 Å². The highest BCUT2D eigenvalue weighted by atomic mass is 35.5. The molecule has 2 aliphatic rings. The SMILES string of the molecule is Cc1cc(Cl)ccc1[C@@H]1CCCN(C(=O)C2=CN(C)NC=C2)C1. The predicted molar refractivity (Wildman–Crippen MR) is 92.9 cm³/mol. The van der Waals surface area contributed by atoms with Crippen LogP contribution in [0.3, 0.4) is 0 Å². The van der Waals surface area contributed by atoms with E-state index in [9.17, 15) is 4.79 Å². The van der Waals surface area contributed by atoms with E-state index in [2.05, 4.69) is 18.4 Å². The number of carbonyl (C=O) groups is 1. The molecule has 0 bridgehead atoms. The summed E-state index contributed by atoms with van der Waals surface area (Å²) in [5, 5.41) is 2.56. The van der Waals surface area contributed by atoms with E-state index in [-0.39, 0.29) is 5.91 Å². The number of likely N-dealkylation sites (tertiary alicyclic amines) is 1. The van der Waals surface area contributed by atoms with Gasteiger partial charge in [-0.1, -0.05) is 17.7 Å². The molecule has 1 saturated heterocycles. The first-order chi connectivity index (χ1) is 11.0. The highest BCUT2D eigenvalue weighted by molar-refractivity contribution is 6.30. The Kier molecular flexibility index (Phi) is 4.62. The van der Waals surface area contributed by atoms with Gasteiger partial charge in [0.15, 0.2) is 0 Å². The fourth-order valence-corrected chi connectivity index (χ4v) is 3.58. The number of halogens is 1. The van der Waals surface area contributed by atoms with Crippen LogP contribution in [0.5, 0.6) is 0 Å². The van der Waals surface area contributed by atoms with Crippen molar-refractivity contribution in [2.75, 3.05) is 20.1 Å². The third-order valence-corrected chi connectivity index (χ3v) is 4.74. The Labute approximate surface area is 142 Å². The first-order valence-corrected chi connectivity index (χ1v) is 8.35. The van der Waals surface area contributed by atoms with Crippen LogP contribution in [0, 0.1) is 6.92 Å². The Morgan fingerprint density at radius 2 is 2.22 bits per heavy atom. The summed E-state index contributed by atoms with van der Waals surface area (Å²) in [7, 11) is 1.88. The van der Waals surface area contributed by atoms with Crippen LogP contribution in [0.2, 0.25) is 5.02 Å². The fraction of sp³-hybridized carbons (Fsp3) is 0.389. The van der Waals surface area contributed by atoms with Crippen LogP contribution >= 0.6 is 11.6 Å². The number of nitrogens with one attached hydrogen (secondary N) is 1. The zero-order valence-electron chi connectivity index (χ0n) is 13.6. The molecule has 1 fully saturated rings. The van der Waals surface area contributed by atoms with E-state index in [0.717, 1.165) is 36.5 Å². The molecular formula is C18H22ClN3O. The summed E-state index contributed by atoms with van der Waals surface area (Å²) in [5.74, 6) is 0.486. The van der Waals surface area contributed by atoms with Gasteiger partial charge in [-0.25, -0.2) is 0 Å². The molecule has 0 unspecified atom stereocenters. The molecule has 1 amide bonds. The highest BCUT2D eigenvalue weighted by Gasteiger charge is 2.27. The maximum atomic E-state index is 12.7. The molecule has 0 spiro atoms. The molecule has 23 heavy (non-hydrogen) atoms. The number of aryl methyl sites for hydroxylation is 1. The second-order valence-electron chi connectivity index (χ2n) is 6.25. The largest absolute Gasteiger partial charge is 0.338 e. The van der Waals surface area contributed by atoms with Gasteiger partial charge in [-0.3, -0.25) is 9.80 Å². The van der Waals surface area contributed by atoms with Crippen molar-refractivity contribution in [2.45, 2.75) is 25.7 Å². The smallest absolute Gasteiger partial charge is 0.255 e. The Morgan fingerprint density at radius 1 is 1.39 bits per heavy atom. The molecule has 2 aliphatic heterocycles. The molecule has 4 nitrogen and oxygen atoms in total. The van der Waals surface area contributed by atoms with Gasteiger partial charge >= 0.3 is 0 Å². The van der Waals surface area contributed by atoms with Gasteiger partial charge in [0.05, 0.1) is 5.57 Å². The standard InChI is InChI=1S/C18H22ClN3O/c1-13-10-16(19)5-6-17(13)14-4-3-9-22(12-14)18(23)15-7-8-20-21(2)11-15/h5-8,10-11,14,20H,3-4,9,12H2,1-2H3/t14-/m1/s1. The molecule has 0 aliphatic carbocycles. The van der Waals surface area contributed by atoms with E-state index >= 15 is 0 Å². The number of benzene rings is 1. The number of piperidine rings is 1. The van der Waals surface area contributed by atoms with E-state index in [1.54, 1.807) is 11.2 Å². The Hall–Kier alpha value is -1.94. The molecule has 0 radical (unpaired) electrons. The Morgan fingerprint density at radius 3 is 2.96 bits per heavy atom. The number of nitrogens with zero attached hydrogens (tertiary/aromatic N) is 2. The van der Waals surface area contributed by atoms with Crippen LogP contribution in [0.25, 0.3) is 0 Å². The van der Waals surface area contributed by atoms with Gasteiger partial charge < -0.3 is 10.3 Å². The first kappa shape index (κ1) is 15.9. The summed E-state index contributed by atoms with van der Waals surface area (Å²) in [5.41, 5.74) is 6.24. The first-order valence-electron chi connectivity index (χ1n) is 7.97. The maximum Gasteiger partial charge on any atom is 0.255 e. The quantitative estimate of drug-likeness (QED) is 0.904. The van der Waals surface area contributed by atoms with Crippen LogP contribution in [0.1, 0.15) is 29.9 Å². The summed E-state index contributed by atoms with van der Waals surface area (Å²) < 4.78 is 0. The van der Waals surface area contributed by atoms with Crippen molar-refractivity contribution in [3.05, 3.63) is 58.4 Å². The molecule has 3 rings (SSSR count). The van der Waals surface area contributed by atoms with E-state index in [1.165, 1.54) is 11.1 Å². The van der Waals surface area contributed by atoms with Gasteiger partial charge in [-0.05, 0) is 49.1 Å². The molecule has 5 heteroatoms. The molecule has 0 saturated carbocycles. The van der Waals surface area contributed by atoms with Crippen LogP contribution in [0.15, 0.2) is 42.2 Å². The lowest BCUT2D eigenvalue weighted by molar-refractivity contribution is -0.128. The van der Waals surface area contributed by atoms with Gasteiger partial charge in [0.1, 0.15) is 0 Å². The lowest BCUT2D eigenvalue weighted by Gasteiger charge is -2.34. The van der Waals surface area contributed by atoms with E-state index in [1.807, 2.05) is 36.4 Å². The zero-order chi connectivity index (χ0) is 16.4. The highest BCUT2D eigenvalue weighted by Crippen LogP contribution is 2.31. The van der Waals surface area contributed by atoms with Crippen molar-refractivity contribution in [3.63, 3.8) is 0 Å².